The second kappa shape index (κ2) is 10.5. The van der Waals surface area contributed by atoms with Gasteiger partial charge in [-0.05, 0) is 23.3 Å². The molecule has 0 saturated carbocycles. The molecule has 2 aromatic rings. The Morgan fingerprint density at radius 1 is 0.963 bits per heavy atom. The molecule has 3 heteroatoms. The standard InChI is InChI=1S/C24H33NO2/c1-2-3-4-5-6-7-8-11-17-25(18-21-19-27-21)24(26)23-16-12-14-20-13-9-10-15-22(20)23/h9-10,12-16,21H,2-8,11,17-19H2,1H3. The van der Waals surface area contributed by atoms with Gasteiger partial charge in [-0.15, -0.1) is 0 Å². The first-order valence-corrected chi connectivity index (χ1v) is 10.7. The summed E-state index contributed by atoms with van der Waals surface area (Å²) in [6, 6.07) is 14.2. The molecule has 3 nitrogen and oxygen atoms in total. The van der Waals surface area contributed by atoms with Crippen molar-refractivity contribution in [2.24, 2.45) is 0 Å². The molecule has 1 saturated heterocycles. The van der Waals surface area contributed by atoms with Gasteiger partial charge < -0.3 is 9.64 Å². The number of benzene rings is 2. The van der Waals surface area contributed by atoms with Gasteiger partial charge in [0.15, 0.2) is 0 Å². The van der Waals surface area contributed by atoms with Crippen LogP contribution in [0.1, 0.15) is 68.6 Å². The molecule has 1 heterocycles. The van der Waals surface area contributed by atoms with E-state index in [2.05, 4.69) is 19.1 Å². The minimum absolute atomic E-state index is 0.144. The molecular formula is C24H33NO2. The third-order valence-electron chi connectivity index (χ3n) is 5.42. The lowest BCUT2D eigenvalue weighted by molar-refractivity contribution is 0.0741. The van der Waals surface area contributed by atoms with E-state index in [1.807, 2.05) is 35.2 Å². The first kappa shape index (κ1) is 19.9. The van der Waals surface area contributed by atoms with E-state index in [0.717, 1.165) is 42.5 Å². The van der Waals surface area contributed by atoms with E-state index < -0.39 is 0 Å². The Hall–Kier alpha value is -1.87. The molecule has 1 atom stereocenters. The minimum Gasteiger partial charge on any atom is -0.371 e. The zero-order valence-electron chi connectivity index (χ0n) is 16.7. The van der Waals surface area contributed by atoms with Gasteiger partial charge in [-0.3, -0.25) is 4.79 Å². The molecule has 0 radical (unpaired) electrons. The highest BCUT2D eigenvalue weighted by molar-refractivity contribution is 6.07. The first-order chi connectivity index (χ1) is 13.3. The van der Waals surface area contributed by atoms with Gasteiger partial charge in [0.1, 0.15) is 0 Å². The van der Waals surface area contributed by atoms with Crippen LogP contribution in [0.25, 0.3) is 10.8 Å². The van der Waals surface area contributed by atoms with Crippen LogP contribution >= 0.6 is 0 Å². The fraction of sp³-hybridized carbons (Fsp3) is 0.542. The number of carbonyl (C=O) groups is 1. The van der Waals surface area contributed by atoms with Crippen LogP contribution in [-0.2, 0) is 4.74 Å². The molecule has 1 aliphatic heterocycles. The third-order valence-corrected chi connectivity index (χ3v) is 5.42. The molecular weight excluding hydrogens is 334 g/mol. The van der Waals surface area contributed by atoms with Crippen molar-refractivity contribution in [2.75, 3.05) is 19.7 Å². The summed E-state index contributed by atoms with van der Waals surface area (Å²) in [6.07, 6.45) is 10.5. The van der Waals surface area contributed by atoms with Gasteiger partial charge in [0.05, 0.1) is 12.7 Å². The molecule has 0 bridgehead atoms. The number of carbonyl (C=O) groups excluding carboxylic acids is 1. The second-order valence-corrected chi connectivity index (χ2v) is 7.71. The third kappa shape index (κ3) is 6.07. The van der Waals surface area contributed by atoms with Crippen molar-refractivity contribution in [3.63, 3.8) is 0 Å². The van der Waals surface area contributed by atoms with Crippen LogP contribution in [-0.4, -0.2) is 36.6 Å². The predicted molar refractivity (Wildman–Crippen MR) is 112 cm³/mol. The topological polar surface area (TPSA) is 32.8 Å². The lowest BCUT2D eigenvalue weighted by Gasteiger charge is -2.23. The number of epoxide rings is 1. The van der Waals surface area contributed by atoms with Crippen molar-refractivity contribution in [1.29, 1.82) is 0 Å². The number of hydrogen-bond acceptors (Lipinski definition) is 2. The maximum absolute atomic E-state index is 13.2. The molecule has 1 amide bonds. The summed E-state index contributed by atoms with van der Waals surface area (Å²) in [5, 5.41) is 2.17. The average molecular weight is 368 g/mol. The van der Waals surface area contributed by atoms with Crippen molar-refractivity contribution >= 4 is 16.7 Å². The number of hydrogen-bond donors (Lipinski definition) is 0. The number of amides is 1. The number of fused-ring (bicyclic) bond motifs is 1. The molecule has 146 valence electrons. The largest absolute Gasteiger partial charge is 0.371 e. The number of nitrogens with zero attached hydrogens (tertiary/aromatic N) is 1. The van der Waals surface area contributed by atoms with Gasteiger partial charge in [0.25, 0.3) is 5.91 Å². The summed E-state index contributed by atoms with van der Waals surface area (Å²) in [7, 11) is 0. The van der Waals surface area contributed by atoms with Gasteiger partial charge >= 0.3 is 0 Å². The maximum atomic E-state index is 13.2. The van der Waals surface area contributed by atoms with Crippen LogP contribution in [0.4, 0.5) is 0 Å². The Morgan fingerprint density at radius 3 is 2.37 bits per heavy atom. The molecule has 1 aliphatic rings. The summed E-state index contributed by atoms with van der Waals surface area (Å²) in [5.41, 5.74) is 0.813. The highest BCUT2D eigenvalue weighted by Crippen LogP contribution is 2.22. The van der Waals surface area contributed by atoms with Crippen LogP contribution in [0.5, 0.6) is 0 Å². The molecule has 1 fully saturated rings. The minimum atomic E-state index is 0.144. The van der Waals surface area contributed by atoms with Crippen LogP contribution in [0, 0.1) is 0 Å². The molecule has 0 aliphatic carbocycles. The normalized spacial score (nSPS) is 15.8. The summed E-state index contributed by atoms with van der Waals surface area (Å²) in [5.74, 6) is 0.144. The predicted octanol–water partition coefficient (Wildman–Crippen LogP) is 5.82. The van der Waals surface area contributed by atoms with Gasteiger partial charge in [-0.2, -0.15) is 0 Å². The SMILES string of the molecule is CCCCCCCCCCN(CC1CO1)C(=O)c1cccc2ccccc12. The van der Waals surface area contributed by atoms with E-state index >= 15 is 0 Å². The maximum Gasteiger partial charge on any atom is 0.254 e. The lowest BCUT2D eigenvalue weighted by atomic mass is 10.0. The number of rotatable bonds is 12. The molecule has 0 aromatic heterocycles. The number of unbranched alkanes of at least 4 members (excludes halogenated alkanes) is 7. The highest BCUT2D eigenvalue weighted by atomic mass is 16.6. The van der Waals surface area contributed by atoms with Crippen molar-refractivity contribution in [3.8, 4) is 0 Å². The molecule has 27 heavy (non-hydrogen) atoms. The van der Waals surface area contributed by atoms with Crippen molar-refractivity contribution in [1.82, 2.24) is 4.90 Å². The fourth-order valence-corrected chi connectivity index (χ4v) is 3.71. The summed E-state index contributed by atoms with van der Waals surface area (Å²) in [4.78, 5) is 15.2. The van der Waals surface area contributed by atoms with E-state index in [9.17, 15) is 4.79 Å². The van der Waals surface area contributed by atoms with E-state index in [0.29, 0.717) is 0 Å². The first-order valence-electron chi connectivity index (χ1n) is 10.7. The Kier molecular flexibility index (Phi) is 7.70. The second-order valence-electron chi connectivity index (χ2n) is 7.71. The van der Waals surface area contributed by atoms with E-state index in [4.69, 9.17) is 4.74 Å². The van der Waals surface area contributed by atoms with E-state index in [-0.39, 0.29) is 12.0 Å². The number of ether oxygens (including phenoxy) is 1. The summed E-state index contributed by atoms with van der Waals surface area (Å²) < 4.78 is 5.40. The van der Waals surface area contributed by atoms with Crippen LogP contribution in [0.3, 0.4) is 0 Å². The lowest BCUT2D eigenvalue weighted by Crippen LogP contribution is -2.35. The summed E-state index contributed by atoms with van der Waals surface area (Å²) >= 11 is 0. The Labute approximate surface area is 163 Å². The smallest absolute Gasteiger partial charge is 0.254 e. The molecule has 0 N–H and O–H groups in total. The Balaban J connectivity index is 1.55. The van der Waals surface area contributed by atoms with E-state index in [1.54, 1.807) is 0 Å². The molecule has 2 aromatic carbocycles. The zero-order valence-corrected chi connectivity index (χ0v) is 16.7. The van der Waals surface area contributed by atoms with Gasteiger partial charge in [-0.25, -0.2) is 0 Å². The average Bonchev–Trinajstić information content (AvgIpc) is 3.52. The highest BCUT2D eigenvalue weighted by Gasteiger charge is 2.28. The van der Waals surface area contributed by atoms with Crippen molar-refractivity contribution in [2.45, 2.75) is 64.4 Å². The fourth-order valence-electron chi connectivity index (χ4n) is 3.71. The van der Waals surface area contributed by atoms with Crippen molar-refractivity contribution in [3.05, 3.63) is 48.0 Å². The van der Waals surface area contributed by atoms with Gasteiger partial charge in [0.2, 0.25) is 0 Å². The zero-order chi connectivity index (χ0) is 18.9. The Morgan fingerprint density at radius 2 is 1.63 bits per heavy atom. The quantitative estimate of drug-likeness (QED) is 0.350. The van der Waals surface area contributed by atoms with Gasteiger partial charge in [0, 0.05) is 18.7 Å². The monoisotopic (exact) mass is 367 g/mol. The molecule has 0 spiro atoms. The van der Waals surface area contributed by atoms with E-state index in [1.165, 1.54) is 44.9 Å². The Bertz CT molecular complexity index is 718. The van der Waals surface area contributed by atoms with Crippen LogP contribution < -0.4 is 0 Å². The van der Waals surface area contributed by atoms with Gasteiger partial charge in [-0.1, -0.05) is 88.3 Å². The summed E-state index contributed by atoms with van der Waals surface area (Å²) in [6.45, 7) is 4.59. The van der Waals surface area contributed by atoms with Crippen LogP contribution in [0.15, 0.2) is 42.5 Å². The van der Waals surface area contributed by atoms with Crippen LogP contribution in [0.2, 0.25) is 0 Å². The molecule has 1 unspecified atom stereocenters. The van der Waals surface area contributed by atoms with Crippen molar-refractivity contribution < 1.29 is 9.53 Å². The molecule has 3 rings (SSSR count).